The molecule has 1 aromatic heterocycles. The van der Waals surface area contributed by atoms with Crippen molar-refractivity contribution in [2.75, 3.05) is 18.0 Å². The Morgan fingerprint density at radius 3 is 2.73 bits per heavy atom. The summed E-state index contributed by atoms with van der Waals surface area (Å²) in [4.78, 5) is 12.8. The van der Waals surface area contributed by atoms with E-state index >= 15 is 0 Å². The van der Waals surface area contributed by atoms with E-state index in [0.717, 1.165) is 22.5 Å². The van der Waals surface area contributed by atoms with Gasteiger partial charge in [0.25, 0.3) is 0 Å². The van der Waals surface area contributed by atoms with Gasteiger partial charge in [0, 0.05) is 18.7 Å². The topological polar surface area (TPSA) is 90.4 Å². The second kappa shape index (κ2) is 5.19. The molecule has 1 fully saturated rings. The zero-order chi connectivity index (χ0) is 15.9. The van der Waals surface area contributed by atoms with Gasteiger partial charge >= 0.3 is 5.97 Å². The van der Waals surface area contributed by atoms with Gasteiger partial charge in [0.15, 0.2) is 0 Å². The van der Waals surface area contributed by atoms with Crippen LogP contribution in [0.2, 0.25) is 0 Å². The lowest BCUT2D eigenvalue weighted by Gasteiger charge is -2.39. The Bertz CT molecular complexity index is 763. The predicted molar refractivity (Wildman–Crippen MR) is 79.5 cm³/mol. The summed E-state index contributed by atoms with van der Waals surface area (Å²) in [7, 11) is 0. The fraction of sp³-hybridized carbons (Fsp3) is 0.312. The fourth-order valence-corrected chi connectivity index (χ4v) is 2.78. The summed E-state index contributed by atoms with van der Waals surface area (Å²) in [6.45, 7) is 4.57. The lowest BCUT2D eigenvalue weighted by Crippen LogP contribution is -2.50. The summed E-state index contributed by atoms with van der Waals surface area (Å²) in [5.41, 5.74) is 3.86. The number of nitriles is 1. The number of aliphatic carboxylic acids is 1. The molecule has 6 nitrogen and oxygen atoms in total. The van der Waals surface area contributed by atoms with Crippen molar-refractivity contribution in [1.29, 1.82) is 5.26 Å². The highest BCUT2D eigenvalue weighted by Crippen LogP contribution is 2.33. The molecule has 0 atom stereocenters. The highest BCUT2D eigenvalue weighted by molar-refractivity contribution is 5.78. The summed E-state index contributed by atoms with van der Waals surface area (Å²) in [5.74, 6) is -0.431. The van der Waals surface area contributed by atoms with E-state index in [-0.39, 0.29) is 5.92 Å². The smallest absolute Gasteiger partial charge is 0.310 e. The Kier molecular flexibility index (Phi) is 3.33. The molecule has 1 saturated heterocycles. The van der Waals surface area contributed by atoms with Crippen LogP contribution in [0.25, 0.3) is 11.1 Å². The third-order valence-corrected chi connectivity index (χ3v) is 4.01. The van der Waals surface area contributed by atoms with Crippen LogP contribution in [0.4, 0.5) is 5.69 Å². The van der Waals surface area contributed by atoms with Crippen LogP contribution in [0.3, 0.4) is 0 Å². The molecule has 22 heavy (non-hydrogen) atoms. The first-order valence-corrected chi connectivity index (χ1v) is 6.96. The lowest BCUT2D eigenvalue weighted by molar-refractivity contribution is -0.142. The largest absolute Gasteiger partial charge is 0.481 e. The highest BCUT2D eigenvalue weighted by Gasteiger charge is 2.33. The van der Waals surface area contributed by atoms with Crippen LogP contribution in [0.15, 0.2) is 22.7 Å². The van der Waals surface area contributed by atoms with Crippen molar-refractivity contribution in [3.05, 3.63) is 35.2 Å². The third kappa shape index (κ3) is 2.21. The highest BCUT2D eigenvalue weighted by atomic mass is 16.5. The van der Waals surface area contributed by atoms with Gasteiger partial charge in [0.1, 0.15) is 11.8 Å². The Morgan fingerprint density at radius 1 is 1.45 bits per heavy atom. The Morgan fingerprint density at radius 2 is 2.18 bits per heavy atom. The van der Waals surface area contributed by atoms with E-state index in [4.69, 9.17) is 9.63 Å². The molecule has 0 bridgehead atoms. The summed E-state index contributed by atoms with van der Waals surface area (Å²) in [5, 5.41) is 22.3. The molecule has 0 amide bonds. The van der Waals surface area contributed by atoms with Gasteiger partial charge in [-0.15, -0.1) is 0 Å². The average molecular weight is 297 g/mol. The van der Waals surface area contributed by atoms with Gasteiger partial charge in [-0.25, -0.2) is 0 Å². The second-order valence-corrected chi connectivity index (χ2v) is 5.48. The van der Waals surface area contributed by atoms with E-state index in [1.54, 1.807) is 6.07 Å². The van der Waals surface area contributed by atoms with Crippen molar-refractivity contribution in [3.8, 4) is 17.2 Å². The minimum atomic E-state index is -0.790. The first kappa shape index (κ1) is 14.1. The van der Waals surface area contributed by atoms with E-state index in [0.29, 0.717) is 24.4 Å². The molecular weight excluding hydrogens is 282 g/mol. The normalized spacial score (nSPS) is 14.5. The molecule has 2 heterocycles. The summed E-state index contributed by atoms with van der Waals surface area (Å²) < 4.78 is 5.17. The molecule has 0 aliphatic carbocycles. The third-order valence-electron chi connectivity index (χ3n) is 4.01. The summed E-state index contributed by atoms with van der Waals surface area (Å²) in [6.07, 6.45) is 0. The lowest BCUT2D eigenvalue weighted by atomic mass is 9.96. The molecule has 6 heteroatoms. The number of hydrogen-bond donors (Lipinski definition) is 1. The number of aromatic nitrogens is 1. The van der Waals surface area contributed by atoms with Crippen molar-refractivity contribution >= 4 is 11.7 Å². The van der Waals surface area contributed by atoms with Crippen LogP contribution in [-0.4, -0.2) is 29.3 Å². The maximum atomic E-state index is 10.9. The number of carboxylic acid groups (broad SMARTS) is 1. The van der Waals surface area contributed by atoms with Crippen molar-refractivity contribution in [1.82, 2.24) is 5.16 Å². The zero-order valence-corrected chi connectivity index (χ0v) is 12.3. The minimum absolute atomic E-state index is 0.353. The molecule has 0 radical (unpaired) electrons. The molecule has 3 rings (SSSR count). The van der Waals surface area contributed by atoms with Crippen molar-refractivity contribution < 1.29 is 14.4 Å². The molecule has 0 unspecified atom stereocenters. The number of aryl methyl sites for hydroxylation is 2. The molecule has 112 valence electrons. The molecule has 1 aliphatic rings. The molecule has 0 spiro atoms. The van der Waals surface area contributed by atoms with Gasteiger partial charge < -0.3 is 14.5 Å². The number of rotatable bonds is 3. The van der Waals surface area contributed by atoms with Gasteiger partial charge in [-0.1, -0.05) is 11.2 Å². The van der Waals surface area contributed by atoms with Gasteiger partial charge in [-0.3, -0.25) is 4.79 Å². The number of nitrogens with zero attached hydrogens (tertiary/aromatic N) is 3. The Labute approximate surface area is 127 Å². The Balaban J connectivity index is 1.93. The standard InChI is InChI=1S/C16H15N3O3/c1-9-15(10(2)22-18-9)11-3-4-14(12(5-11)6-17)19-7-13(8-19)16(20)21/h3-5,13H,7-8H2,1-2H3,(H,20,21). The van der Waals surface area contributed by atoms with E-state index in [1.165, 1.54) is 0 Å². The maximum Gasteiger partial charge on any atom is 0.310 e. The van der Waals surface area contributed by atoms with Gasteiger partial charge in [-0.05, 0) is 31.5 Å². The maximum absolute atomic E-state index is 10.9. The first-order chi connectivity index (χ1) is 10.5. The number of benzene rings is 1. The van der Waals surface area contributed by atoms with Crippen molar-refractivity contribution in [3.63, 3.8) is 0 Å². The molecule has 1 N–H and O–H groups in total. The van der Waals surface area contributed by atoms with Crippen LogP contribution < -0.4 is 4.90 Å². The SMILES string of the molecule is Cc1noc(C)c1-c1ccc(N2CC(C(=O)O)C2)c(C#N)c1. The van der Waals surface area contributed by atoms with E-state index in [2.05, 4.69) is 11.2 Å². The first-order valence-electron chi connectivity index (χ1n) is 6.96. The monoisotopic (exact) mass is 297 g/mol. The van der Waals surface area contributed by atoms with Crippen molar-refractivity contribution in [2.24, 2.45) is 5.92 Å². The molecule has 0 saturated carbocycles. The van der Waals surface area contributed by atoms with Crippen molar-refractivity contribution in [2.45, 2.75) is 13.8 Å². The predicted octanol–water partition coefficient (Wildman–Crippen LogP) is 2.35. The van der Waals surface area contributed by atoms with E-state index < -0.39 is 5.97 Å². The van der Waals surface area contributed by atoms with Crippen LogP contribution in [-0.2, 0) is 4.79 Å². The fourth-order valence-electron chi connectivity index (χ4n) is 2.78. The van der Waals surface area contributed by atoms with E-state index in [1.807, 2.05) is 30.9 Å². The van der Waals surface area contributed by atoms with Gasteiger partial charge in [0.2, 0.25) is 0 Å². The number of hydrogen-bond acceptors (Lipinski definition) is 5. The van der Waals surface area contributed by atoms with E-state index in [9.17, 15) is 10.1 Å². The summed E-state index contributed by atoms with van der Waals surface area (Å²) >= 11 is 0. The minimum Gasteiger partial charge on any atom is -0.481 e. The molecule has 1 aromatic carbocycles. The molecule has 2 aromatic rings. The quantitative estimate of drug-likeness (QED) is 0.935. The van der Waals surface area contributed by atoms with Gasteiger partial charge in [0.05, 0.1) is 22.9 Å². The average Bonchev–Trinajstić information content (AvgIpc) is 2.76. The zero-order valence-electron chi connectivity index (χ0n) is 12.3. The van der Waals surface area contributed by atoms with Crippen LogP contribution in [0.1, 0.15) is 17.0 Å². The number of carbonyl (C=O) groups is 1. The second-order valence-electron chi connectivity index (χ2n) is 5.48. The van der Waals surface area contributed by atoms with Crippen LogP contribution in [0.5, 0.6) is 0 Å². The number of carboxylic acids is 1. The molecule has 1 aliphatic heterocycles. The van der Waals surface area contributed by atoms with Gasteiger partial charge in [-0.2, -0.15) is 5.26 Å². The number of anilines is 1. The molecular formula is C16H15N3O3. The Hall–Kier alpha value is -2.81. The summed E-state index contributed by atoms with van der Waals surface area (Å²) in [6, 6.07) is 7.76. The van der Waals surface area contributed by atoms with Crippen LogP contribution >= 0.6 is 0 Å². The van der Waals surface area contributed by atoms with Crippen LogP contribution in [0, 0.1) is 31.1 Å².